The van der Waals surface area contributed by atoms with Gasteiger partial charge in [-0.15, -0.1) is 11.8 Å². The van der Waals surface area contributed by atoms with Gasteiger partial charge in [0.1, 0.15) is 5.54 Å². The van der Waals surface area contributed by atoms with E-state index < -0.39 is 0 Å². The van der Waals surface area contributed by atoms with Crippen LogP contribution < -0.4 is 5.32 Å². The van der Waals surface area contributed by atoms with Crippen LogP contribution in [-0.2, 0) is 0 Å². The molecule has 0 aromatic carbocycles. The molecule has 2 atom stereocenters. The molecule has 2 unspecified atom stereocenters. The van der Waals surface area contributed by atoms with Crippen molar-refractivity contribution in [3.05, 3.63) is 23.4 Å². The van der Waals surface area contributed by atoms with Crippen LogP contribution in [0, 0.1) is 17.2 Å². The average molecular weight is 322 g/mol. The molecule has 3 nitrogen and oxygen atoms in total. The molecule has 2 aliphatic rings. The Morgan fingerprint density at radius 3 is 2.95 bits per heavy atom. The summed E-state index contributed by atoms with van der Waals surface area (Å²) >= 11 is 7.60. The van der Waals surface area contributed by atoms with E-state index in [0.717, 1.165) is 23.6 Å². The van der Waals surface area contributed by atoms with Crippen molar-refractivity contribution >= 4 is 23.4 Å². The Morgan fingerprint density at radius 2 is 2.29 bits per heavy atom. The minimum absolute atomic E-state index is 0.269. The highest BCUT2D eigenvalue weighted by atomic mass is 35.5. The van der Waals surface area contributed by atoms with E-state index in [1.165, 1.54) is 25.7 Å². The predicted molar refractivity (Wildman–Crippen MR) is 86.4 cm³/mol. The summed E-state index contributed by atoms with van der Waals surface area (Å²) in [6.45, 7) is 0. The van der Waals surface area contributed by atoms with Crippen LogP contribution in [0.4, 0.5) is 0 Å². The van der Waals surface area contributed by atoms with Crippen molar-refractivity contribution in [2.75, 3.05) is 5.75 Å². The summed E-state index contributed by atoms with van der Waals surface area (Å²) in [7, 11) is 0. The van der Waals surface area contributed by atoms with Gasteiger partial charge < -0.3 is 0 Å². The number of hydrogen-bond donors (Lipinski definition) is 1. The topological polar surface area (TPSA) is 48.7 Å². The SMILES string of the molecule is N#CC1(NC2CC2)CCCC1CCSc1ccc(Cl)cn1. The third kappa shape index (κ3) is 3.71. The number of nitrogens with one attached hydrogen (secondary N) is 1. The number of halogens is 1. The minimum Gasteiger partial charge on any atom is -0.296 e. The van der Waals surface area contributed by atoms with Gasteiger partial charge >= 0.3 is 0 Å². The number of pyridine rings is 1. The molecule has 1 N–H and O–H groups in total. The highest BCUT2D eigenvalue weighted by molar-refractivity contribution is 7.99. The standard InChI is InChI=1S/C16H20ClN3S/c17-13-3-6-15(19-10-13)21-9-7-12-2-1-8-16(12,11-18)20-14-4-5-14/h3,6,10,12,14,20H,1-2,4-5,7-9H2. The molecule has 1 aromatic rings. The van der Waals surface area contributed by atoms with E-state index in [1.54, 1.807) is 18.0 Å². The molecule has 2 aliphatic carbocycles. The van der Waals surface area contributed by atoms with Crippen molar-refractivity contribution in [1.29, 1.82) is 5.26 Å². The second kappa shape index (κ2) is 6.56. The largest absolute Gasteiger partial charge is 0.296 e. The van der Waals surface area contributed by atoms with Crippen LogP contribution in [0.1, 0.15) is 38.5 Å². The molecule has 21 heavy (non-hydrogen) atoms. The molecular weight excluding hydrogens is 302 g/mol. The lowest BCUT2D eigenvalue weighted by Gasteiger charge is -2.30. The summed E-state index contributed by atoms with van der Waals surface area (Å²) < 4.78 is 0. The van der Waals surface area contributed by atoms with E-state index in [9.17, 15) is 5.26 Å². The Morgan fingerprint density at radius 1 is 1.43 bits per heavy atom. The molecule has 2 saturated carbocycles. The van der Waals surface area contributed by atoms with Gasteiger partial charge in [0.05, 0.1) is 16.1 Å². The van der Waals surface area contributed by atoms with Gasteiger partial charge in [0, 0.05) is 12.2 Å². The lowest BCUT2D eigenvalue weighted by molar-refractivity contribution is 0.308. The molecule has 0 spiro atoms. The molecule has 0 radical (unpaired) electrons. The third-order valence-corrected chi connectivity index (χ3v) is 5.68. The van der Waals surface area contributed by atoms with Gasteiger partial charge in [-0.3, -0.25) is 5.32 Å². The van der Waals surface area contributed by atoms with Crippen molar-refractivity contribution in [2.45, 2.75) is 55.1 Å². The van der Waals surface area contributed by atoms with Crippen molar-refractivity contribution in [3.63, 3.8) is 0 Å². The first-order valence-corrected chi connectivity index (χ1v) is 9.01. The van der Waals surface area contributed by atoms with Gasteiger partial charge in [0.15, 0.2) is 0 Å². The zero-order valence-electron chi connectivity index (χ0n) is 12.0. The number of rotatable bonds is 6. The quantitative estimate of drug-likeness (QED) is 0.804. The number of aromatic nitrogens is 1. The Bertz CT molecular complexity index is 523. The Labute approximate surface area is 135 Å². The summed E-state index contributed by atoms with van der Waals surface area (Å²) in [5.41, 5.74) is -0.269. The zero-order valence-corrected chi connectivity index (χ0v) is 13.6. The Balaban J connectivity index is 1.53. The van der Waals surface area contributed by atoms with E-state index in [4.69, 9.17) is 11.6 Å². The monoisotopic (exact) mass is 321 g/mol. The second-order valence-electron chi connectivity index (χ2n) is 6.04. The normalized spacial score (nSPS) is 28.5. The van der Waals surface area contributed by atoms with Gasteiger partial charge in [0.2, 0.25) is 0 Å². The van der Waals surface area contributed by atoms with Gasteiger partial charge in [0.25, 0.3) is 0 Å². The third-order valence-electron chi connectivity index (χ3n) is 4.48. The van der Waals surface area contributed by atoms with Gasteiger partial charge in [-0.05, 0) is 55.9 Å². The van der Waals surface area contributed by atoms with E-state index in [2.05, 4.69) is 16.4 Å². The predicted octanol–water partition coefficient (Wildman–Crippen LogP) is 4.03. The van der Waals surface area contributed by atoms with Crippen LogP contribution in [0.3, 0.4) is 0 Å². The zero-order chi connectivity index (χ0) is 14.7. The van der Waals surface area contributed by atoms with Crippen LogP contribution in [0.5, 0.6) is 0 Å². The highest BCUT2D eigenvalue weighted by Crippen LogP contribution is 2.40. The summed E-state index contributed by atoms with van der Waals surface area (Å²) in [6.07, 6.45) is 8.58. The summed E-state index contributed by atoms with van der Waals surface area (Å²) in [5.74, 6) is 1.48. The summed E-state index contributed by atoms with van der Waals surface area (Å²) in [5, 5.41) is 15.0. The van der Waals surface area contributed by atoms with Crippen molar-refractivity contribution < 1.29 is 0 Å². The average Bonchev–Trinajstić information content (AvgIpc) is 3.21. The number of nitriles is 1. The minimum atomic E-state index is -0.269. The number of thioether (sulfide) groups is 1. The first kappa shape index (κ1) is 15.1. The Kier molecular flexibility index (Phi) is 4.73. The maximum Gasteiger partial charge on any atom is 0.109 e. The fourth-order valence-corrected chi connectivity index (χ4v) is 4.20. The first-order chi connectivity index (χ1) is 10.2. The van der Waals surface area contributed by atoms with Gasteiger partial charge in [-0.1, -0.05) is 18.0 Å². The van der Waals surface area contributed by atoms with Crippen LogP contribution >= 0.6 is 23.4 Å². The van der Waals surface area contributed by atoms with E-state index in [0.29, 0.717) is 17.0 Å². The van der Waals surface area contributed by atoms with Gasteiger partial charge in [-0.25, -0.2) is 4.98 Å². The highest BCUT2D eigenvalue weighted by Gasteiger charge is 2.45. The maximum absolute atomic E-state index is 9.66. The molecule has 0 saturated heterocycles. The molecule has 0 amide bonds. The second-order valence-corrected chi connectivity index (χ2v) is 7.59. The molecule has 1 aromatic heterocycles. The lowest BCUT2D eigenvalue weighted by Crippen LogP contribution is -2.48. The van der Waals surface area contributed by atoms with E-state index in [-0.39, 0.29) is 5.54 Å². The number of nitrogens with zero attached hydrogens (tertiary/aromatic N) is 2. The van der Waals surface area contributed by atoms with E-state index >= 15 is 0 Å². The first-order valence-electron chi connectivity index (χ1n) is 7.65. The molecule has 0 aliphatic heterocycles. The number of hydrogen-bond acceptors (Lipinski definition) is 4. The molecule has 3 rings (SSSR count). The molecule has 112 valence electrons. The van der Waals surface area contributed by atoms with Crippen LogP contribution in [0.2, 0.25) is 5.02 Å². The maximum atomic E-state index is 9.66. The van der Waals surface area contributed by atoms with Crippen LogP contribution in [0.15, 0.2) is 23.4 Å². The fraction of sp³-hybridized carbons (Fsp3) is 0.625. The summed E-state index contributed by atoms with van der Waals surface area (Å²) in [6, 6.07) is 7.03. The fourth-order valence-electron chi connectivity index (χ4n) is 3.18. The van der Waals surface area contributed by atoms with Gasteiger partial charge in [-0.2, -0.15) is 5.26 Å². The Hall–Kier alpha value is -0.760. The van der Waals surface area contributed by atoms with Crippen LogP contribution in [0.25, 0.3) is 0 Å². The molecule has 1 heterocycles. The van der Waals surface area contributed by atoms with Crippen molar-refractivity contribution in [2.24, 2.45) is 5.92 Å². The van der Waals surface area contributed by atoms with E-state index in [1.807, 2.05) is 12.1 Å². The smallest absolute Gasteiger partial charge is 0.109 e. The molecule has 0 bridgehead atoms. The summed E-state index contributed by atoms with van der Waals surface area (Å²) in [4.78, 5) is 4.31. The van der Waals surface area contributed by atoms with Crippen LogP contribution in [-0.4, -0.2) is 22.3 Å². The molecule has 5 heteroatoms. The molecular formula is C16H20ClN3S. The van der Waals surface area contributed by atoms with Crippen molar-refractivity contribution in [3.8, 4) is 6.07 Å². The lowest BCUT2D eigenvalue weighted by atomic mass is 9.86. The van der Waals surface area contributed by atoms with Crippen molar-refractivity contribution in [1.82, 2.24) is 10.3 Å². The molecule has 2 fully saturated rings.